The number of benzene rings is 4. The Morgan fingerprint density at radius 3 is 1.11 bits per heavy atom. The molecule has 145 heavy (non-hydrogen) atoms. The number of hydrogen-bond donors (Lipinski definition) is 5. The highest BCUT2D eigenvalue weighted by Gasteiger charge is 2.33. The van der Waals surface area contributed by atoms with Crippen molar-refractivity contribution in [3.05, 3.63) is 166 Å². The molecule has 8 aromatic heterocycles. The van der Waals surface area contributed by atoms with Gasteiger partial charge in [-0.05, 0) is 287 Å². The lowest BCUT2D eigenvalue weighted by molar-refractivity contribution is -0.108. The van der Waals surface area contributed by atoms with Crippen LogP contribution < -0.4 is 69.8 Å². The minimum atomic E-state index is -0.823. The molecular weight excluding hydrogens is 1910 g/mol. The van der Waals surface area contributed by atoms with E-state index in [0.29, 0.717) is 167 Å². The number of piperidine rings is 4. The zero-order valence-corrected chi connectivity index (χ0v) is 88.7. The maximum Gasteiger partial charge on any atom is 0.410 e. The number of rotatable bonds is 41. The van der Waals surface area contributed by atoms with Gasteiger partial charge in [-0.1, -0.05) is 102 Å². The second-order valence-corrected chi connectivity index (χ2v) is 39.9. The standard InChI is InChI=1S/C37H50N6O6.C25H28BrN5O3.2C16H26N6O.C12H21NO3/c1-7-8-21-48-35-39-34(42(24-27-9-13-29(46-5)14-10-27)25-28-11-15-30(47-6)16-12-28)33-38-23-31(43(33)40-35)32(44)22-26-17-19-41(20-18-26)36(45)49-37(2,3)4;1-4-5-14-34-25-28-24(23-27-15-22(26)31(23)29-25)30(16-18-6-10-20(32-2)11-7-18)17-19-8-12-21(33-3)13-9-19;2*1-2-3-10-23-16-20-14(17)15-19-11-13(22(15)21-16)5-4-12-6-8-18-9-7-12;1-12(2,3)16-11(15)13-7-4-10(5-8-13)6-9-14/h9-16,23,26,32,44H,7-8,17-22,24-25H2,1-6H3;6-13,15H,4-5,14,16-17H2,1-3H3;2*11-12,18H,2-10H2,1H3,(H2,17,20,21);9-10H,4-8H2,1-3H3. The molecule has 4 aliphatic heterocycles. The number of ether oxygens (including phenoxy) is 10. The van der Waals surface area contributed by atoms with Crippen molar-refractivity contribution < 1.29 is 66.9 Å². The van der Waals surface area contributed by atoms with Crippen molar-refractivity contribution in [3.63, 3.8) is 0 Å². The van der Waals surface area contributed by atoms with Crippen LogP contribution in [0.4, 0.5) is 32.9 Å². The molecule has 12 aromatic rings. The Morgan fingerprint density at radius 2 is 0.766 bits per heavy atom. The molecule has 0 aliphatic carbocycles. The first kappa shape index (κ1) is 111. The Labute approximate surface area is 860 Å². The molecule has 1 unspecified atom stereocenters. The van der Waals surface area contributed by atoms with Crippen LogP contribution in [0.1, 0.15) is 243 Å². The summed E-state index contributed by atoms with van der Waals surface area (Å²) >= 11 is 3.54. The number of likely N-dealkylation sites (tertiary alicyclic amines) is 2. The summed E-state index contributed by atoms with van der Waals surface area (Å²) in [5.41, 5.74) is 20.5. The third-order valence-electron chi connectivity index (χ3n) is 25.6. The third kappa shape index (κ3) is 33.9. The second kappa shape index (κ2) is 56.1. The van der Waals surface area contributed by atoms with E-state index >= 15 is 0 Å². The van der Waals surface area contributed by atoms with Crippen LogP contribution in [0.15, 0.2) is 126 Å². The zero-order valence-electron chi connectivity index (χ0n) is 87.1. The van der Waals surface area contributed by atoms with E-state index < -0.39 is 17.3 Å². The number of aryl methyl sites for hydroxylation is 2. The Balaban J connectivity index is 0.000000170. The van der Waals surface area contributed by atoms with Crippen molar-refractivity contribution in [2.75, 3.05) is 128 Å². The average molecular weight is 2070 g/mol. The number of carbonyl (C=O) groups is 3. The number of nitrogens with zero attached hydrogens (tertiary/aromatic N) is 20. The lowest BCUT2D eigenvalue weighted by Gasteiger charge is -2.34. The predicted octanol–water partition coefficient (Wildman–Crippen LogP) is 17.7. The molecule has 0 bridgehead atoms. The summed E-state index contributed by atoms with van der Waals surface area (Å²) in [6.07, 6.45) is 28.3. The number of hydrogen-bond acceptors (Lipinski definition) is 32. The highest BCUT2D eigenvalue weighted by Crippen LogP contribution is 2.36. The quantitative estimate of drug-likeness (QED) is 0.0175. The van der Waals surface area contributed by atoms with Crippen LogP contribution in [0.5, 0.6) is 47.0 Å². The fraction of sp³-hybridized carbons (Fsp3) is 0.557. The maximum atomic E-state index is 12.6. The normalized spacial score (nSPS) is 14.6. The van der Waals surface area contributed by atoms with Gasteiger partial charge in [0.05, 0.1) is 103 Å². The summed E-state index contributed by atoms with van der Waals surface area (Å²) in [7, 11) is 6.64. The smallest absolute Gasteiger partial charge is 0.410 e. The molecule has 2 amide bonds. The van der Waals surface area contributed by atoms with E-state index in [1.165, 1.54) is 25.7 Å². The number of amides is 2. The molecule has 0 spiro atoms. The van der Waals surface area contributed by atoms with Crippen molar-refractivity contribution in [1.82, 2.24) is 98.8 Å². The van der Waals surface area contributed by atoms with Crippen LogP contribution in [0.25, 0.3) is 22.6 Å². The Hall–Kier alpha value is -12.7. The van der Waals surface area contributed by atoms with Crippen LogP contribution in [0, 0.1) is 23.7 Å². The summed E-state index contributed by atoms with van der Waals surface area (Å²) in [6, 6.07) is 33.2. The van der Waals surface area contributed by atoms with Gasteiger partial charge in [-0.2, -0.15) is 24.5 Å². The minimum Gasteiger partial charge on any atom is -0.497 e. The number of nitrogens with two attached hydrogens (primary N) is 2. The number of aromatic nitrogens is 16. The van der Waals surface area contributed by atoms with Crippen molar-refractivity contribution in [1.29, 1.82) is 0 Å². The van der Waals surface area contributed by atoms with Crippen LogP contribution in [0.2, 0.25) is 0 Å². The van der Waals surface area contributed by atoms with Gasteiger partial charge in [0.2, 0.25) is 0 Å². The largest absolute Gasteiger partial charge is 0.497 e. The van der Waals surface area contributed by atoms with Gasteiger partial charge in [0.1, 0.15) is 45.1 Å². The van der Waals surface area contributed by atoms with E-state index in [0.717, 1.165) is 208 Å². The van der Waals surface area contributed by atoms with E-state index in [9.17, 15) is 19.5 Å². The Kier molecular flexibility index (Phi) is 42.9. The number of aliphatic hydroxyl groups is 1. The molecule has 4 saturated heterocycles. The Bertz CT molecular complexity index is 5720. The van der Waals surface area contributed by atoms with Gasteiger partial charge in [-0.25, -0.2) is 43.1 Å². The first-order valence-corrected chi connectivity index (χ1v) is 52.1. The van der Waals surface area contributed by atoms with Crippen LogP contribution >= 0.6 is 15.9 Å². The van der Waals surface area contributed by atoms with Gasteiger partial charge >= 0.3 is 36.2 Å². The van der Waals surface area contributed by atoms with Crippen molar-refractivity contribution in [3.8, 4) is 47.0 Å². The van der Waals surface area contributed by atoms with E-state index in [1.807, 2.05) is 127 Å². The van der Waals surface area contributed by atoms with Gasteiger partial charge < -0.3 is 99.0 Å². The number of aliphatic hydroxyl groups excluding tert-OH is 1. The molecule has 0 radical (unpaired) electrons. The molecule has 7 N–H and O–H groups in total. The number of fused-ring (bicyclic) bond motifs is 4. The lowest BCUT2D eigenvalue weighted by atomic mass is 9.90. The predicted molar refractivity (Wildman–Crippen MR) is 562 cm³/mol. The number of nitrogens with one attached hydrogen (secondary N) is 2. The van der Waals surface area contributed by atoms with Crippen molar-refractivity contribution >= 4 is 80.3 Å². The van der Waals surface area contributed by atoms with E-state index in [-0.39, 0.29) is 24.1 Å². The first-order chi connectivity index (χ1) is 70.1. The summed E-state index contributed by atoms with van der Waals surface area (Å²) in [4.78, 5) is 78.6. The van der Waals surface area contributed by atoms with E-state index in [1.54, 1.807) is 68.7 Å². The number of imidazole rings is 4. The number of anilines is 4. The molecule has 0 saturated carbocycles. The number of aldehydes is 1. The van der Waals surface area contributed by atoms with Crippen LogP contribution in [-0.2, 0) is 53.3 Å². The number of carbonyl (C=O) groups excluding carboxylic acids is 3. The average Bonchev–Trinajstić information content (AvgIpc) is 1.60. The fourth-order valence-corrected chi connectivity index (χ4v) is 17.5. The highest BCUT2D eigenvalue weighted by molar-refractivity contribution is 9.10. The van der Waals surface area contributed by atoms with Gasteiger partial charge in [-0.15, -0.1) is 20.4 Å². The van der Waals surface area contributed by atoms with Crippen molar-refractivity contribution in [2.24, 2.45) is 23.7 Å². The van der Waals surface area contributed by atoms with Gasteiger partial charge in [0, 0.05) is 58.8 Å². The SMILES string of the molecule is CC(C)(C)OC(=O)N1CCC(CC=O)CC1.CCCCOc1nc(N(Cc2ccc(OC)cc2)Cc2ccc(OC)cc2)c2ncc(Br)n2n1.CCCCOc1nc(N(Cc2ccc(OC)cc2)Cc2ccc(OC)cc2)c2ncc(C(O)CC3CCN(C(=O)OC(C)(C)C)CC3)n2n1.CCCCOc1nc(N)c2ncc(CCC3CCNCC3)n2n1.CCCCOc1nc(N)c2ncc(CCC3CCNCC3)n2n1. The zero-order chi connectivity index (χ0) is 103. The highest BCUT2D eigenvalue weighted by atomic mass is 79.9. The molecule has 4 aliphatic rings. The number of methoxy groups -OCH3 is 4. The third-order valence-corrected chi connectivity index (χ3v) is 26.1. The second-order valence-electron chi connectivity index (χ2n) is 39.1. The minimum absolute atomic E-state index is 0.225. The molecule has 4 aromatic carbocycles. The van der Waals surface area contributed by atoms with Gasteiger partial charge in [0.25, 0.3) is 0 Å². The van der Waals surface area contributed by atoms with Crippen LogP contribution in [-0.4, -0.2) is 230 Å². The summed E-state index contributed by atoms with van der Waals surface area (Å²) in [5, 5.41) is 36.6. The van der Waals surface area contributed by atoms with Crippen molar-refractivity contribution in [2.45, 2.75) is 254 Å². The molecule has 786 valence electrons. The molecule has 38 nitrogen and oxygen atoms in total. The molecule has 16 rings (SSSR count). The van der Waals surface area contributed by atoms with Gasteiger partial charge in [-0.3, -0.25) is 0 Å². The summed E-state index contributed by atoms with van der Waals surface area (Å²) in [5.74, 6) is 7.46. The molecule has 39 heteroatoms. The van der Waals surface area contributed by atoms with Gasteiger partial charge in [0.15, 0.2) is 45.9 Å². The number of nitrogen functional groups attached to an aromatic ring is 2. The summed E-state index contributed by atoms with van der Waals surface area (Å²) in [6.45, 7) is 31.3. The topological polar surface area (TPSA) is 425 Å². The number of halogens is 1. The fourth-order valence-electron chi connectivity index (χ4n) is 17.2. The number of unbranched alkanes of at least 4 members (excludes halogenated alkanes) is 4. The molecular formula is C106H151BrN24O14. The molecule has 4 fully saturated rings. The van der Waals surface area contributed by atoms with Crippen LogP contribution in [0.3, 0.4) is 0 Å². The first-order valence-electron chi connectivity index (χ1n) is 51.3. The lowest BCUT2D eigenvalue weighted by Crippen LogP contribution is -2.41. The molecule has 12 heterocycles. The molecule has 1 atom stereocenters. The monoisotopic (exact) mass is 2060 g/mol. The van der Waals surface area contributed by atoms with E-state index in [2.05, 4.69) is 129 Å². The maximum absolute atomic E-state index is 12.6. The van der Waals surface area contributed by atoms with E-state index in [4.69, 9.17) is 78.9 Å². The Morgan fingerprint density at radius 1 is 0.441 bits per heavy atom. The summed E-state index contributed by atoms with van der Waals surface area (Å²) < 4.78 is 63.1.